The van der Waals surface area contributed by atoms with Gasteiger partial charge in [0.2, 0.25) is 5.91 Å². The third kappa shape index (κ3) is 4.50. The van der Waals surface area contributed by atoms with Crippen LogP contribution < -0.4 is 15.0 Å². The second kappa shape index (κ2) is 8.76. The van der Waals surface area contributed by atoms with Crippen LogP contribution in [0, 0.1) is 5.92 Å². The molecule has 1 amide bonds. The summed E-state index contributed by atoms with van der Waals surface area (Å²) in [5, 5.41) is 3.28. The Labute approximate surface area is 157 Å². The summed E-state index contributed by atoms with van der Waals surface area (Å²) < 4.78 is 5.48. The topological polar surface area (TPSA) is 44.8 Å². The van der Waals surface area contributed by atoms with Gasteiger partial charge in [0.1, 0.15) is 5.75 Å². The number of piperazine rings is 1. The summed E-state index contributed by atoms with van der Waals surface area (Å²) >= 11 is 0. The highest BCUT2D eigenvalue weighted by atomic mass is 16.5. The van der Waals surface area contributed by atoms with Crippen LogP contribution in [0.15, 0.2) is 24.3 Å². The highest BCUT2D eigenvalue weighted by molar-refractivity contribution is 5.81. The predicted molar refractivity (Wildman–Crippen MR) is 106 cm³/mol. The van der Waals surface area contributed by atoms with E-state index in [0.717, 1.165) is 56.4 Å². The average Bonchev–Trinajstić information content (AvgIpc) is 2.69. The van der Waals surface area contributed by atoms with E-state index in [-0.39, 0.29) is 11.9 Å². The van der Waals surface area contributed by atoms with Gasteiger partial charge in [-0.1, -0.05) is 19.1 Å². The van der Waals surface area contributed by atoms with Gasteiger partial charge in [0.05, 0.1) is 18.8 Å². The highest BCUT2D eigenvalue weighted by Gasteiger charge is 2.28. The second-order valence-corrected chi connectivity index (χ2v) is 7.84. The number of amides is 1. The summed E-state index contributed by atoms with van der Waals surface area (Å²) in [6.07, 6.45) is 4.72. The molecule has 2 aliphatic rings. The van der Waals surface area contributed by atoms with E-state index in [2.05, 4.69) is 28.1 Å². The van der Waals surface area contributed by atoms with E-state index in [1.807, 2.05) is 25.1 Å². The van der Waals surface area contributed by atoms with Gasteiger partial charge >= 0.3 is 0 Å². The van der Waals surface area contributed by atoms with E-state index < -0.39 is 0 Å². The number of para-hydroxylation sites is 2. The first-order valence-corrected chi connectivity index (χ1v) is 10.0. The molecule has 3 rings (SSSR count). The van der Waals surface area contributed by atoms with Crippen molar-refractivity contribution in [3.63, 3.8) is 0 Å². The van der Waals surface area contributed by atoms with Gasteiger partial charge in [-0.2, -0.15) is 0 Å². The Morgan fingerprint density at radius 1 is 1.12 bits per heavy atom. The molecule has 1 aromatic rings. The van der Waals surface area contributed by atoms with Gasteiger partial charge in [-0.15, -0.1) is 0 Å². The number of ether oxygens (including phenoxy) is 1. The Bertz CT molecular complexity index is 591. The SMILES string of the molecule is COc1ccccc1N1CCN([C@@H](C)C(=O)NC2CCC(C)CC2)CC1. The van der Waals surface area contributed by atoms with Crippen LogP contribution in [-0.4, -0.2) is 56.2 Å². The quantitative estimate of drug-likeness (QED) is 0.878. The maximum atomic E-state index is 12.7. The third-order valence-electron chi connectivity index (χ3n) is 6.03. The number of anilines is 1. The molecule has 5 nitrogen and oxygen atoms in total. The van der Waals surface area contributed by atoms with E-state index in [1.54, 1.807) is 7.11 Å². The molecule has 5 heteroatoms. The van der Waals surface area contributed by atoms with Crippen molar-refractivity contribution >= 4 is 11.6 Å². The largest absolute Gasteiger partial charge is 0.495 e. The fraction of sp³-hybridized carbons (Fsp3) is 0.667. The standard InChI is InChI=1S/C21H33N3O2/c1-16-8-10-18(11-9-16)22-21(25)17(2)23-12-14-24(15-13-23)19-6-4-5-7-20(19)26-3/h4-7,16-18H,8-15H2,1-3H3,(H,22,25)/t16?,17-,18?/m0/s1. The minimum atomic E-state index is -0.0610. The summed E-state index contributed by atoms with van der Waals surface area (Å²) in [6.45, 7) is 7.97. The fourth-order valence-electron chi connectivity index (χ4n) is 4.13. The molecule has 1 heterocycles. The monoisotopic (exact) mass is 359 g/mol. The van der Waals surface area contributed by atoms with Crippen molar-refractivity contribution < 1.29 is 9.53 Å². The molecule has 0 aromatic heterocycles. The molecule has 1 atom stereocenters. The molecule has 0 spiro atoms. The van der Waals surface area contributed by atoms with Crippen molar-refractivity contribution in [2.75, 3.05) is 38.2 Å². The lowest BCUT2D eigenvalue weighted by molar-refractivity contribution is -0.127. The second-order valence-electron chi connectivity index (χ2n) is 7.84. The van der Waals surface area contributed by atoms with E-state index >= 15 is 0 Å². The van der Waals surface area contributed by atoms with Crippen molar-refractivity contribution in [2.24, 2.45) is 5.92 Å². The van der Waals surface area contributed by atoms with Gasteiger partial charge in [-0.05, 0) is 50.7 Å². The number of methoxy groups -OCH3 is 1. The van der Waals surface area contributed by atoms with Gasteiger partial charge in [0, 0.05) is 32.2 Å². The lowest BCUT2D eigenvalue weighted by Crippen LogP contribution is -2.55. The van der Waals surface area contributed by atoms with Crippen molar-refractivity contribution in [1.29, 1.82) is 0 Å². The lowest BCUT2D eigenvalue weighted by atomic mass is 9.87. The molecule has 1 aliphatic heterocycles. The number of hydrogen-bond donors (Lipinski definition) is 1. The first-order valence-electron chi connectivity index (χ1n) is 10.0. The Hall–Kier alpha value is -1.75. The molecule has 144 valence electrons. The summed E-state index contributed by atoms with van der Waals surface area (Å²) in [5.41, 5.74) is 1.14. The number of rotatable bonds is 5. The zero-order valence-corrected chi connectivity index (χ0v) is 16.4. The number of benzene rings is 1. The summed E-state index contributed by atoms with van der Waals surface area (Å²) in [6, 6.07) is 8.46. The first-order chi connectivity index (χ1) is 12.6. The van der Waals surface area contributed by atoms with E-state index in [1.165, 1.54) is 12.8 Å². The lowest BCUT2D eigenvalue weighted by Gasteiger charge is -2.39. The van der Waals surface area contributed by atoms with Crippen LogP contribution in [0.4, 0.5) is 5.69 Å². The molecule has 1 saturated heterocycles. The van der Waals surface area contributed by atoms with Crippen LogP contribution >= 0.6 is 0 Å². The van der Waals surface area contributed by atoms with Crippen LogP contribution in [0.5, 0.6) is 5.75 Å². The van der Waals surface area contributed by atoms with Crippen molar-refractivity contribution in [3.05, 3.63) is 24.3 Å². The molecule has 26 heavy (non-hydrogen) atoms. The third-order valence-corrected chi connectivity index (χ3v) is 6.03. The smallest absolute Gasteiger partial charge is 0.237 e. The van der Waals surface area contributed by atoms with Gasteiger partial charge < -0.3 is 15.0 Å². The van der Waals surface area contributed by atoms with E-state index in [9.17, 15) is 4.79 Å². The Kier molecular flexibility index (Phi) is 6.41. The van der Waals surface area contributed by atoms with Gasteiger partial charge in [-0.3, -0.25) is 9.69 Å². The van der Waals surface area contributed by atoms with E-state index in [0.29, 0.717) is 6.04 Å². The van der Waals surface area contributed by atoms with Crippen LogP contribution in [0.3, 0.4) is 0 Å². The van der Waals surface area contributed by atoms with E-state index in [4.69, 9.17) is 4.74 Å². The number of hydrogen-bond acceptors (Lipinski definition) is 4. The van der Waals surface area contributed by atoms with Crippen LogP contribution in [-0.2, 0) is 4.79 Å². The number of carbonyl (C=O) groups is 1. The molecule has 1 N–H and O–H groups in total. The highest BCUT2D eigenvalue weighted by Crippen LogP contribution is 2.28. The predicted octanol–water partition coefficient (Wildman–Crippen LogP) is 2.90. The molecular formula is C21H33N3O2. The summed E-state index contributed by atoms with van der Waals surface area (Å²) in [5.74, 6) is 1.91. The normalized spacial score (nSPS) is 25.6. The molecule has 0 radical (unpaired) electrons. The molecule has 0 bridgehead atoms. The molecule has 2 fully saturated rings. The Balaban J connectivity index is 1.50. The average molecular weight is 360 g/mol. The van der Waals surface area contributed by atoms with Crippen molar-refractivity contribution in [1.82, 2.24) is 10.2 Å². The van der Waals surface area contributed by atoms with Gasteiger partial charge in [0.15, 0.2) is 0 Å². The molecular weight excluding hydrogens is 326 g/mol. The minimum Gasteiger partial charge on any atom is -0.495 e. The summed E-state index contributed by atoms with van der Waals surface area (Å²) in [4.78, 5) is 17.3. The maximum absolute atomic E-state index is 12.7. The number of nitrogens with one attached hydrogen (secondary N) is 1. The summed E-state index contributed by atoms with van der Waals surface area (Å²) in [7, 11) is 1.72. The van der Waals surface area contributed by atoms with Crippen molar-refractivity contribution in [2.45, 2.75) is 51.6 Å². The van der Waals surface area contributed by atoms with Gasteiger partial charge in [-0.25, -0.2) is 0 Å². The zero-order valence-electron chi connectivity index (χ0n) is 16.4. The first kappa shape index (κ1) is 19.0. The van der Waals surface area contributed by atoms with Crippen molar-refractivity contribution in [3.8, 4) is 5.75 Å². The van der Waals surface area contributed by atoms with Crippen LogP contribution in [0.1, 0.15) is 39.5 Å². The molecule has 1 saturated carbocycles. The molecule has 1 aliphatic carbocycles. The number of carbonyl (C=O) groups excluding carboxylic acids is 1. The Morgan fingerprint density at radius 3 is 2.42 bits per heavy atom. The van der Waals surface area contributed by atoms with Crippen LogP contribution in [0.2, 0.25) is 0 Å². The molecule has 0 unspecified atom stereocenters. The fourth-order valence-corrected chi connectivity index (χ4v) is 4.13. The maximum Gasteiger partial charge on any atom is 0.237 e. The number of nitrogens with zero attached hydrogens (tertiary/aromatic N) is 2. The Morgan fingerprint density at radius 2 is 1.77 bits per heavy atom. The zero-order chi connectivity index (χ0) is 18.5. The minimum absolute atomic E-state index is 0.0610. The molecule has 1 aromatic carbocycles. The van der Waals surface area contributed by atoms with Crippen LogP contribution in [0.25, 0.3) is 0 Å². The van der Waals surface area contributed by atoms with Gasteiger partial charge in [0.25, 0.3) is 0 Å².